The second-order valence-corrected chi connectivity index (χ2v) is 0. The van der Waals surface area contributed by atoms with Gasteiger partial charge in [0.1, 0.15) is 0 Å². The molecule has 0 aromatic carbocycles. The summed E-state index contributed by atoms with van der Waals surface area (Å²) in [4.78, 5) is 0. The first-order valence-electron chi connectivity index (χ1n) is 0.123. The van der Waals surface area contributed by atoms with Crippen molar-refractivity contribution in [2.24, 2.45) is 0 Å². The SMILES string of the molecule is [BaH2].[CaH2].[O]=[Cu].[SrH2]. The van der Waals surface area contributed by atoms with E-state index in [9.17, 15) is 0 Å². The number of hydrogen-bond acceptors (Lipinski definition) is 1. The molecular formula is H6BaCaCuOSr. The van der Waals surface area contributed by atoms with Gasteiger partial charge in [0.25, 0.3) is 0 Å². The molecule has 29 valence electrons. The van der Waals surface area contributed by atoms with Crippen molar-refractivity contribution in [3.63, 3.8) is 0 Å². The van der Waals surface area contributed by atoms with Crippen LogP contribution in [0.1, 0.15) is 0 Å². The monoisotopic (exact) mass is 351 g/mol. The molecule has 0 bridgehead atoms. The van der Waals surface area contributed by atoms with E-state index in [-0.39, 0.29) is 132 Å². The fourth-order valence-corrected chi connectivity index (χ4v) is 0. The standard InChI is InChI=1S/Ba.Ca.Cu.O.Sr.6H. The van der Waals surface area contributed by atoms with Crippen LogP contribution in [0, 0.1) is 0 Å². The Morgan fingerprint density at radius 1 is 1.20 bits per heavy atom. The van der Waals surface area contributed by atoms with Crippen LogP contribution in [-0.4, -0.2) is 132 Å². The predicted octanol–water partition coefficient (Wildman–Crippen LogP) is -2.87. The van der Waals surface area contributed by atoms with Crippen LogP contribution in [0.2, 0.25) is 0 Å². The molecule has 0 N–H and O–H groups in total. The van der Waals surface area contributed by atoms with Crippen molar-refractivity contribution in [3.8, 4) is 0 Å². The Balaban J connectivity index is -0.00000000167. The average Bonchev–Trinajstić information content (AvgIpc) is 1.00. The molecule has 0 aromatic rings. The van der Waals surface area contributed by atoms with Crippen molar-refractivity contribution in [3.05, 3.63) is 0 Å². The fraction of sp³-hybridized carbons (Fsp3) is 0. The van der Waals surface area contributed by atoms with E-state index in [1.54, 1.807) is 0 Å². The average molecular weight is 351 g/mol. The van der Waals surface area contributed by atoms with Gasteiger partial charge in [0, 0.05) is 0 Å². The summed E-state index contributed by atoms with van der Waals surface area (Å²) >= 11 is 2.94. The Morgan fingerprint density at radius 2 is 1.20 bits per heavy atom. The number of rotatable bonds is 0. The molecule has 0 unspecified atom stereocenters. The zero-order valence-corrected chi connectivity index (χ0v) is 1.65. The topological polar surface area (TPSA) is 17.1 Å². The van der Waals surface area contributed by atoms with E-state index in [2.05, 4.69) is 15.9 Å². The third-order valence-corrected chi connectivity index (χ3v) is 0. The third-order valence-electron chi connectivity index (χ3n) is 0. The van der Waals surface area contributed by atoms with Gasteiger partial charge in [-0.15, -0.1) is 0 Å². The molecule has 0 spiro atoms. The summed E-state index contributed by atoms with van der Waals surface area (Å²) < 4.78 is 7.81. The van der Waals surface area contributed by atoms with E-state index < -0.39 is 0 Å². The molecule has 0 rings (SSSR count). The van der Waals surface area contributed by atoms with Gasteiger partial charge in [0.05, 0.1) is 0 Å². The predicted molar refractivity (Wildman–Crippen MR) is 26.3 cm³/mol. The third kappa shape index (κ3) is 17.7. The van der Waals surface area contributed by atoms with Crippen LogP contribution in [0.25, 0.3) is 0 Å². The normalized spacial score (nSPS) is 1.20. The molecule has 0 amide bonds. The van der Waals surface area contributed by atoms with Gasteiger partial charge in [-0.1, -0.05) is 0 Å². The second kappa shape index (κ2) is 23.4. The molecular weight excluding hydrogens is 345 g/mol. The summed E-state index contributed by atoms with van der Waals surface area (Å²) in [5, 5.41) is 0. The quantitative estimate of drug-likeness (QED) is 0.429. The summed E-state index contributed by atoms with van der Waals surface area (Å²) in [5.41, 5.74) is 0. The first-order valence-corrected chi connectivity index (χ1v) is 0.508. The van der Waals surface area contributed by atoms with Gasteiger partial charge in [-0.25, -0.2) is 0 Å². The minimum absolute atomic E-state index is 0. The van der Waals surface area contributed by atoms with Gasteiger partial charge in [-0.3, -0.25) is 0 Å². The van der Waals surface area contributed by atoms with E-state index in [1.807, 2.05) is 0 Å². The van der Waals surface area contributed by atoms with Crippen LogP contribution in [0.5, 0.6) is 0 Å². The van der Waals surface area contributed by atoms with E-state index in [0.29, 0.717) is 0 Å². The van der Waals surface area contributed by atoms with Gasteiger partial charge in [-0.05, 0) is 0 Å². The van der Waals surface area contributed by atoms with Gasteiger partial charge in [0.15, 0.2) is 0 Å². The Bertz CT molecular complexity index is 11.6. The van der Waals surface area contributed by atoms with Crippen molar-refractivity contribution in [2.75, 3.05) is 0 Å². The molecule has 1 nitrogen and oxygen atoms in total. The first kappa shape index (κ1) is 22.6. The molecule has 0 aliphatic carbocycles. The Morgan fingerprint density at radius 3 is 1.20 bits per heavy atom. The maximum atomic E-state index is 7.81. The summed E-state index contributed by atoms with van der Waals surface area (Å²) in [6.07, 6.45) is 0. The molecule has 5 heavy (non-hydrogen) atoms. The zero-order chi connectivity index (χ0) is 2.00. The van der Waals surface area contributed by atoms with Crippen molar-refractivity contribution in [1.29, 1.82) is 0 Å². The van der Waals surface area contributed by atoms with Crippen LogP contribution in [0.4, 0.5) is 0 Å². The molecule has 0 saturated heterocycles. The van der Waals surface area contributed by atoms with Crippen LogP contribution in [0.3, 0.4) is 0 Å². The zero-order valence-electron chi connectivity index (χ0n) is 0.710. The van der Waals surface area contributed by atoms with E-state index >= 15 is 0 Å². The molecule has 0 aliphatic rings. The van der Waals surface area contributed by atoms with Crippen molar-refractivity contribution >= 4 is 132 Å². The number of hydrogen-bond donors (Lipinski definition) is 0. The van der Waals surface area contributed by atoms with Gasteiger partial charge in [-0.2, -0.15) is 0 Å². The van der Waals surface area contributed by atoms with Gasteiger partial charge in [0.2, 0.25) is 0 Å². The Hall–Kier alpha value is 4.63. The Kier molecular flexibility index (Phi) is 106. The van der Waals surface area contributed by atoms with Crippen LogP contribution >= 0.6 is 0 Å². The molecule has 5 heteroatoms. The summed E-state index contributed by atoms with van der Waals surface area (Å²) in [6.45, 7) is 0. The van der Waals surface area contributed by atoms with E-state index in [0.717, 1.165) is 0 Å². The minimum atomic E-state index is 0. The molecule has 0 fully saturated rings. The fourth-order valence-electron chi connectivity index (χ4n) is 0. The second-order valence-electron chi connectivity index (χ2n) is 0. The van der Waals surface area contributed by atoms with E-state index in [4.69, 9.17) is 3.83 Å². The van der Waals surface area contributed by atoms with Crippen molar-refractivity contribution in [1.82, 2.24) is 0 Å². The maximum absolute atomic E-state index is 7.81. The molecule has 0 atom stereocenters. The molecule has 0 radical (unpaired) electrons. The van der Waals surface area contributed by atoms with Gasteiger partial charge < -0.3 is 0 Å². The summed E-state index contributed by atoms with van der Waals surface area (Å²) in [5.74, 6) is 0. The van der Waals surface area contributed by atoms with Gasteiger partial charge >= 0.3 is 152 Å². The van der Waals surface area contributed by atoms with Crippen LogP contribution in [0.15, 0.2) is 0 Å². The van der Waals surface area contributed by atoms with Crippen molar-refractivity contribution in [2.45, 2.75) is 0 Å². The molecule has 0 aliphatic heterocycles. The summed E-state index contributed by atoms with van der Waals surface area (Å²) in [6, 6.07) is 0. The Labute approximate surface area is 147 Å². The summed E-state index contributed by atoms with van der Waals surface area (Å²) in [7, 11) is 0. The van der Waals surface area contributed by atoms with E-state index in [1.165, 1.54) is 0 Å². The van der Waals surface area contributed by atoms with Crippen LogP contribution < -0.4 is 0 Å². The molecule has 0 heterocycles. The van der Waals surface area contributed by atoms with Crippen LogP contribution in [-0.2, 0) is 19.8 Å². The van der Waals surface area contributed by atoms with Crippen molar-refractivity contribution < 1.29 is 19.8 Å². The molecule has 0 saturated carbocycles. The first-order chi connectivity index (χ1) is 1.00. The molecule has 0 aromatic heterocycles.